The van der Waals surface area contributed by atoms with Crippen molar-refractivity contribution >= 4 is 43.0 Å². The number of hydrogen-bond donors (Lipinski definition) is 1. The van der Waals surface area contributed by atoms with Gasteiger partial charge in [-0.15, -0.1) is 11.3 Å². The van der Waals surface area contributed by atoms with Gasteiger partial charge in [-0.1, -0.05) is 0 Å². The number of thiophene rings is 1. The van der Waals surface area contributed by atoms with Crippen molar-refractivity contribution in [2.45, 2.75) is 17.9 Å². The van der Waals surface area contributed by atoms with Crippen molar-refractivity contribution < 1.29 is 12.8 Å². The summed E-state index contributed by atoms with van der Waals surface area (Å²) in [6, 6.07) is 4.19. The number of nitrogen functional groups attached to an aromatic ring is 1. The van der Waals surface area contributed by atoms with Gasteiger partial charge in [-0.05, 0) is 51.5 Å². The van der Waals surface area contributed by atoms with E-state index in [1.807, 2.05) is 11.4 Å². The van der Waals surface area contributed by atoms with Crippen LogP contribution in [-0.4, -0.2) is 19.3 Å². The maximum atomic E-state index is 13.4. The molecule has 8 heteroatoms. The summed E-state index contributed by atoms with van der Waals surface area (Å²) in [5.41, 5.74) is 6.35. The van der Waals surface area contributed by atoms with Crippen LogP contribution in [0.25, 0.3) is 0 Å². The van der Waals surface area contributed by atoms with Gasteiger partial charge in [-0.2, -0.15) is 4.31 Å². The molecule has 2 N–H and O–H groups in total. The van der Waals surface area contributed by atoms with E-state index < -0.39 is 15.8 Å². The maximum Gasteiger partial charge on any atom is 0.244 e. The first-order chi connectivity index (χ1) is 9.89. The molecule has 0 amide bonds. The molecule has 0 unspecified atom stereocenters. The second kappa shape index (κ2) is 5.35. The van der Waals surface area contributed by atoms with Gasteiger partial charge in [0.15, 0.2) is 0 Å². The standard InChI is InChI=1S/C13H12BrFN2O2S2/c14-9-5-10(15)11(16)6-13(9)21(18,19)17-3-1-12-8(7-17)2-4-20-12/h2,4-6H,1,3,7,16H2. The second-order valence-electron chi connectivity index (χ2n) is 4.76. The van der Waals surface area contributed by atoms with Crippen molar-refractivity contribution in [2.24, 2.45) is 0 Å². The van der Waals surface area contributed by atoms with Crippen LogP contribution in [0.3, 0.4) is 0 Å². The van der Waals surface area contributed by atoms with Crippen molar-refractivity contribution in [1.82, 2.24) is 4.31 Å². The Kier molecular flexibility index (Phi) is 3.81. The predicted octanol–water partition coefficient (Wildman–Crippen LogP) is 2.98. The lowest BCUT2D eigenvalue weighted by molar-refractivity contribution is 0.394. The Morgan fingerprint density at radius 1 is 1.38 bits per heavy atom. The molecule has 0 bridgehead atoms. The number of nitrogens with zero attached hydrogens (tertiary/aromatic N) is 1. The molecule has 2 heterocycles. The Balaban J connectivity index is 2.00. The maximum absolute atomic E-state index is 13.4. The Morgan fingerprint density at radius 2 is 2.14 bits per heavy atom. The number of benzene rings is 1. The average molecular weight is 391 g/mol. The molecule has 112 valence electrons. The van der Waals surface area contributed by atoms with Crippen LogP contribution < -0.4 is 5.73 Å². The second-order valence-corrected chi connectivity index (χ2v) is 8.52. The van der Waals surface area contributed by atoms with Crippen LogP contribution in [0.2, 0.25) is 0 Å². The first kappa shape index (κ1) is 15.0. The van der Waals surface area contributed by atoms with Gasteiger partial charge in [0.2, 0.25) is 10.0 Å². The number of halogens is 2. The van der Waals surface area contributed by atoms with Crippen molar-refractivity contribution in [3.8, 4) is 0 Å². The minimum absolute atomic E-state index is 0.0000737. The lowest BCUT2D eigenvalue weighted by Crippen LogP contribution is -2.35. The van der Waals surface area contributed by atoms with Gasteiger partial charge >= 0.3 is 0 Å². The average Bonchev–Trinajstić information content (AvgIpc) is 2.90. The quantitative estimate of drug-likeness (QED) is 0.801. The summed E-state index contributed by atoms with van der Waals surface area (Å²) in [7, 11) is -3.71. The summed E-state index contributed by atoms with van der Waals surface area (Å²) in [5, 5.41) is 1.96. The molecular weight excluding hydrogens is 379 g/mol. The molecule has 1 aliphatic rings. The van der Waals surface area contributed by atoms with Gasteiger partial charge in [-0.3, -0.25) is 0 Å². The van der Waals surface area contributed by atoms with Crippen LogP contribution in [0.5, 0.6) is 0 Å². The van der Waals surface area contributed by atoms with E-state index in [1.54, 1.807) is 11.3 Å². The highest BCUT2D eigenvalue weighted by Crippen LogP contribution is 2.32. The predicted molar refractivity (Wildman–Crippen MR) is 84.1 cm³/mol. The molecule has 0 saturated carbocycles. The van der Waals surface area contributed by atoms with E-state index >= 15 is 0 Å². The fourth-order valence-electron chi connectivity index (χ4n) is 2.31. The fourth-order valence-corrected chi connectivity index (χ4v) is 5.63. The lowest BCUT2D eigenvalue weighted by Gasteiger charge is -2.26. The highest BCUT2D eigenvalue weighted by molar-refractivity contribution is 9.10. The van der Waals surface area contributed by atoms with E-state index in [0.29, 0.717) is 19.5 Å². The summed E-state index contributed by atoms with van der Waals surface area (Å²) >= 11 is 4.75. The molecule has 0 saturated heterocycles. The van der Waals surface area contributed by atoms with Crippen LogP contribution >= 0.6 is 27.3 Å². The van der Waals surface area contributed by atoms with Crippen LogP contribution in [0.1, 0.15) is 10.4 Å². The number of hydrogen-bond acceptors (Lipinski definition) is 4. The zero-order chi connectivity index (χ0) is 15.2. The Hall–Kier alpha value is -0.960. The van der Waals surface area contributed by atoms with Gasteiger partial charge in [0.05, 0.1) is 10.6 Å². The van der Waals surface area contributed by atoms with Crippen molar-refractivity contribution in [1.29, 1.82) is 0 Å². The third kappa shape index (κ3) is 2.61. The van der Waals surface area contributed by atoms with Gasteiger partial charge < -0.3 is 5.73 Å². The number of anilines is 1. The SMILES string of the molecule is Nc1cc(S(=O)(=O)N2CCc3sccc3C2)c(Br)cc1F. The Bertz CT molecular complexity index is 804. The molecule has 0 fully saturated rings. The zero-order valence-electron chi connectivity index (χ0n) is 10.8. The first-order valence-electron chi connectivity index (χ1n) is 6.19. The topological polar surface area (TPSA) is 63.4 Å². The fraction of sp³-hybridized carbons (Fsp3) is 0.231. The Morgan fingerprint density at radius 3 is 2.90 bits per heavy atom. The third-order valence-corrected chi connectivity index (χ3v) is 7.27. The minimum Gasteiger partial charge on any atom is -0.396 e. The molecule has 1 aliphatic heterocycles. The minimum atomic E-state index is -3.71. The summed E-state index contributed by atoms with van der Waals surface area (Å²) < 4.78 is 40.4. The monoisotopic (exact) mass is 390 g/mol. The molecule has 2 aromatic rings. The molecule has 0 spiro atoms. The van der Waals surface area contributed by atoms with Crippen molar-refractivity contribution in [3.05, 3.63) is 44.3 Å². The van der Waals surface area contributed by atoms with Crippen LogP contribution in [0.15, 0.2) is 32.9 Å². The van der Waals surface area contributed by atoms with Crippen LogP contribution in [0, 0.1) is 5.82 Å². The Labute approximate surface area is 134 Å². The van der Waals surface area contributed by atoms with Gasteiger partial charge in [0.1, 0.15) is 5.82 Å². The zero-order valence-corrected chi connectivity index (χ0v) is 14.1. The normalized spacial score (nSPS) is 15.9. The summed E-state index contributed by atoms with van der Waals surface area (Å²) in [4.78, 5) is 1.22. The summed E-state index contributed by atoms with van der Waals surface area (Å²) in [6.45, 7) is 0.754. The summed E-state index contributed by atoms with van der Waals surface area (Å²) in [6.07, 6.45) is 0.695. The molecule has 1 aromatic carbocycles. The van der Waals surface area contributed by atoms with E-state index in [9.17, 15) is 12.8 Å². The van der Waals surface area contributed by atoms with Crippen LogP contribution in [-0.2, 0) is 23.0 Å². The molecule has 0 atom stereocenters. The van der Waals surface area contributed by atoms with E-state index in [-0.39, 0.29) is 15.1 Å². The van der Waals surface area contributed by atoms with Gasteiger partial charge in [0, 0.05) is 22.4 Å². The molecule has 0 radical (unpaired) electrons. The van der Waals surface area contributed by atoms with E-state index in [4.69, 9.17) is 5.73 Å². The van der Waals surface area contributed by atoms with E-state index in [1.165, 1.54) is 9.18 Å². The molecule has 3 rings (SSSR count). The van der Waals surface area contributed by atoms with Gasteiger partial charge in [0.25, 0.3) is 0 Å². The van der Waals surface area contributed by atoms with E-state index in [0.717, 1.165) is 17.7 Å². The van der Waals surface area contributed by atoms with Crippen molar-refractivity contribution in [3.63, 3.8) is 0 Å². The number of sulfonamides is 1. The molecule has 21 heavy (non-hydrogen) atoms. The molecule has 4 nitrogen and oxygen atoms in total. The largest absolute Gasteiger partial charge is 0.396 e. The third-order valence-electron chi connectivity index (χ3n) is 3.44. The number of fused-ring (bicyclic) bond motifs is 1. The first-order valence-corrected chi connectivity index (χ1v) is 9.31. The van der Waals surface area contributed by atoms with Crippen molar-refractivity contribution in [2.75, 3.05) is 12.3 Å². The van der Waals surface area contributed by atoms with Crippen LogP contribution in [0.4, 0.5) is 10.1 Å². The summed E-state index contributed by atoms with van der Waals surface area (Å²) in [5.74, 6) is -0.639. The number of rotatable bonds is 2. The highest BCUT2D eigenvalue weighted by atomic mass is 79.9. The smallest absolute Gasteiger partial charge is 0.244 e. The molecule has 0 aliphatic carbocycles. The number of nitrogens with two attached hydrogens (primary N) is 1. The lowest BCUT2D eigenvalue weighted by atomic mass is 10.1. The molecular formula is C13H12BrFN2O2S2. The molecule has 1 aromatic heterocycles. The highest BCUT2D eigenvalue weighted by Gasteiger charge is 2.30. The van der Waals surface area contributed by atoms with Gasteiger partial charge in [-0.25, -0.2) is 12.8 Å². The van der Waals surface area contributed by atoms with E-state index in [2.05, 4.69) is 15.9 Å².